The molecule has 2 atom stereocenters. The number of hydrogen-bond donors (Lipinski definition) is 2. The van der Waals surface area contributed by atoms with E-state index in [4.69, 9.17) is 14.6 Å². The number of likely N-dealkylation sites (tertiary alicyclic amines) is 1. The molecule has 8 heteroatoms. The van der Waals surface area contributed by atoms with Gasteiger partial charge in [0.15, 0.2) is 0 Å². The number of carbonyl (C=O) groups excluding carboxylic acids is 2. The Morgan fingerprint density at radius 1 is 1.29 bits per heavy atom. The zero-order valence-corrected chi connectivity index (χ0v) is 17.4. The molecule has 1 spiro atoms. The van der Waals surface area contributed by atoms with Crippen molar-refractivity contribution in [3.05, 3.63) is 65.5 Å². The number of fused-ring (bicyclic) bond motifs is 2. The number of anilines is 1. The molecule has 0 saturated carbocycles. The minimum atomic E-state index is -0.887. The van der Waals surface area contributed by atoms with E-state index in [0.29, 0.717) is 13.0 Å². The summed E-state index contributed by atoms with van der Waals surface area (Å²) in [5.74, 6) is -0.645. The van der Waals surface area contributed by atoms with E-state index in [1.54, 1.807) is 17.0 Å². The van der Waals surface area contributed by atoms with E-state index in [2.05, 4.69) is 5.32 Å². The molecule has 2 aliphatic rings. The van der Waals surface area contributed by atoms with Gasteiger partial charge in [-0.1, -0.05) is 30.3 Å². The molecule has 2 N–H and O–H groups in total. The number of nitrogens with zero attached hydrogens (tertiary/aromatic N) is 1. The summed E-state index contributed by atoms with van der Waals surface area (Å²) in [5, 5.41) is 9.86. The quantitative estimate of drug-likeness (QED) is 0.730. The molecule has 2 amide bonds. The second-order valence-corrected chi connectivity index (χ2v) is 7.73. The topological polar surface area (TPSA) is 95.9 Å². The molecule has 2 aromatic rings. The molecule has 164 valence electrons. The van der Waals surface area contributed by atoms with E-state index in [-0.39, 0.29) is 36.8 Å². The monoisotopic (exact) mass is 428 g/mol. The van der Waals surface area contributed by atoms with Crippen LogP contribution in [0.5, 0.6) is 0 Å². The lowest BCUT2D eigenvalue weighted by Gasteiger charge is -2.34. The maximum absolute atomic E-state index is 13.5. The lowest BCUT2D eigenvalue weighted by molar-refractivity contribution is -0.139. The third-order valence-electron chi connectivity index (χ3n) is 5.63. The van der Waals surface area contributed by atoms with Crippen molar-refractivity contribution in [2.75, 3.05) is 18.5 Å². The summed E-state index contributed by atoms with van der Waals surface area (Å²) in [6, 6.07) is 13.1. The predicted molar refractivity (Wildman–Crippen MR) is 112 cm³/mol. The van der Waals surface area contributed by atoms with Crippen molar-refractivity contribution in [2.45, 2.75) is 37.8 Å². The fraction of sp³-hybridized carbons (Fsp3) is 0.348. The molecule has 2 aliphatic heterocycles. The van der Waals surface area contributed by atoms with Crippen molar-refractivity contribution in [1.82, 2.24) is 4.90 Å². The summed E-state index contributed by atoms with van der Waals surface area (Å²) in [4.78, 5) is 36.2. The lowest BCUT2D eigenvalue weighted by atomic mass is 9.72. The van der Waals surface area contributed by atoms with Gasteiger partial charge in [-0.25, -0.2) is 4.39 Å². The van der Waals surface area contributed by atoms with Gasteiger partial charge in [0.05, 0.1) is 12.1 Å². The molecule has 0 aliphatic carbocycles. The Morgan fingerprint density at radius 3 is 2.58 bits per heavy atom. The Hall–Kier alpha value is -3.26. The van der Waals surface area contributed by atoms with Gasteiger partial charge in [-0.05, 0) is 49.6 Å². The maximum atomic E-state index is 13.5. The third-order valence-corrected chi connectivity index (χ3v) is 5.63. The number of nitrogens with one attached hydrogen (secondary N) is 1. The van der Waals surface area contributed by atoms with Gasteiger partial charge in [-0.2, -0.15) is 0 Å². The Kier molecular flexibility index (Phi) is 6.70. The van der Waals surface area contributed by atoms with E-state index < -0.39 is 11.5 Å². The largest absolute Gasteiger partial charge is 0.483 e. The van der Waals surface area contributed by atoms with Gasteiger partial charge in [0.25, 0.3) is 6.47 Å². The van der Waals surface area contributed by atoms with Crippen LogP contribution < -0.4 is 5.32 Å². The molecule has 1 fully saturated rings. The highest BCUT2D eigenvalue weighted by molar-refractivity contribution is 6.07. The van der Waals surface area contributed by atoms with Crippen LogP contribution in [0.15, 0.2) is 48.5 Å². The molecule has 1 saturated heterocycles. The molecular weight excluding hydrogens is 403 g/mol. The van der Waals surface area contributed by atoms with Crippen LogP contribution in [0.25, 0.3) is 0 Å². The first kappa shape index (κ1) is 22.4. The Labute approximate surface area is 179 Å². The molecule has 0 unspecified atom stereocenters. The van der Waals surface area contributed by atoms with Gasteiger partial charge in [-0.15, -0.1) is 0 Å². The van der Waals surface area contributed by atoms with E-state index in [0.717, 1.165) is 16.8 Å². The average Bonchev–Trinajstić information content (AvgIpc) is 3.27. The predicted octanol–water partition coefficient (Wildman–Crippen LogP) is 3.12. The summed E-state index contributed by atoms with van der Waals surface area (Å²) in [6.07, 6.45) is 0.436. The van der Waals surface area contributed by atoms with Crippen molar-refractivity contribution in [3.63, 3.8) is 0 Å². The molecule has 2 heterocycles. The number of carbonyl (C=O) groups is 3. The van der Waals surface area contributed by atoms with Gasteiger partial charge >= 0.3 is 0 Å². The molecule has 2 aromatic carbocycles. The second kappa shape index (κ2) is 9.26. The summed E-state index contributed by atoms with van der Waals surface area (Å²) < 4.78 is 19.1. The van der Waals surface area contributed by atoms with Gasteiger partial charge in [0, 0.05) is 12.2 Å². The first-order chi connectivity index (χ1) is 14.8. The molecule has 31 heavy (non-hydrogen) atoms. The molecule has 0 bridgehead atoms. The smallest absolute Gasteiger partial charge is 0.290 e. The molecule has 0 radical (unpaired) electrons. The van der Waals surface area contributed by atoms with Crippen molar-refractivity contribution in [3.8, 4) is 0 Å². The third kappa shape index (κ3) is 4.16. The first-order valence-corrected chi connectivity index (χ1v) is 10.0. The van der Waals surface area contributed by atoms with E-state index in [1.807, 2.05) is 38.1 Å². The first-order valence-electron chi connectivity index (χ1n) is 10.0. The fourth-order valence-electron chi connectivity index (χ4n) is 4.38. The SMILES string of the molecule is CC(C)OCC(=O)N1CC[C@]2(C(=O)Nc3ccccc32)[C@@H]1c1ccc(F)cc1.O=CO. The molecule has 7 nitrogen and oxygen atoms in total. The van der Waals surface area contributed by atoms with E-state index in [9.17, 15) is 14.0 Å². The average molecular weight is 428 g/mol. The maximum Gasteiger partial charge on any atom is 0.290 e. The number of rotatable bonds is 4. The van der Waals surface area contributed by atoms with Crippen LogP contribution in [0.2, 0.25) is 0 Å². The lowest BCUT2D eigenvalue weighted by Crippen LogP contribution is -2.43. The van der Waals surface area contributed by atoms with Gasteiger partial charge in [-0.3, -0.25) is 14.4 Å². The van der Waals surface area contributed by atoms with E-state index >= 15 is 0 Å². The molecule has 4 rings (SSSR count). The van der Waals surface area contributed by atoms with Crippen LogP contribution in [0, 0.1) is 5.82 Å². The highest BCUT2D eigenvalue weighted by atomic mass is 19.1. The number of carboxylic acid groups (broad SMARTS) is 1. The van der Waals surface area contributed by atoms with Gasteiger partial charge in [0.2, 0.25) is 11.8 Å². The van der Waals surface area contributed by atoms with Crippen LogP contribution in [0.3, 0.4) is 0 Å². The summed E-state index contributed by atoms with van der Waals surface area (Å²) in [7, 11) is 0. The molecular formula is C23H25FN2O5. The number of hydrogen-bond acceptors (Lipinski definition) is 4. The number of benzene rings is 2. The van der Waals surface area contributed by atoms with Crippen molar-refractivity contribution >= 4 is 24.0 Å². The normalized spacial score (nSPS) is 21.5. The zero-order chi connectivity index (χ0) is 22.6. The Balaban J connectivity index is 0.000000858. The molecule has 0 aromatic heterocycles. The second-order valence-electron chi connectivity index (χ2n) is 7.73. The number of halogens is 1. The summed E-state index contributed by atoms with van der Waals surface area (Å²) in [5.41, 5.74) is 1.51. The standard InChI is InChI=1S/C22H23FN2O3.CH2O2/c1-14(2)28-13-19(26)25-12-11-22(20(25)15-7-9-16(23)10-8-15)17-5-3-4-6-18(17)24-21(22)27;2-1-3/h3-10,14,20H,11-13H2,1-2H3,(H,24,27);1H,(H,2,3)/t20-,22+;/m0./s1. The van der Waals surface area contributed by atoms with Crippen LogP contribution in [0.4, 0.5) is 10.1 Å². The van der Waals surface area contributed by atoms with Crippen molar-refractivity contribution < 1.29 is 28.6 Å². The minimum Gasteiger partial charge on any atom is -0.483 e. The van der Waals surface area contributed by atoms with Gasteiger partial charge < -0.3 is 20.1 Å². The number of para-hydroxylation sites is 1. The summed E-state index contributed by atoms with van der Waals surface area (Å²) in [6.45, 7) is 3.88. The van der Waals surface area contributed by atoms with Crippen LogP contribution in [-0.4, -0.2) is 47.5 Å². The Bertz CT molecular complexity index is 963. The highest BCUT2D eigenvalue weighted by Crippen LogP contribution is 2.54. The van der Waals surface area contributed by atoms with Gasteiger partial charge in [0.1, 0.15) is 17.8 Å². The summed E-state index contributed by atoms with van der Waals surface area (Å²) >= 11 is 0. The van der Waals surface area contributed by atoms with Crippen LogP contribution >= 0.6 is 0 Å². The number of amides is 2. The van der Waals surface area contributed by atoms with Crippen molar-refractivity contribution in [1.29, 1.82) is 0 Å². The van der Waals surface area contributed by atoms with Crippen molar-refractivity contribution in [2.24, 2.45) is 0 Å². The minimum absolute atomic E-state index is 0.0469. The van der Waals surface area contributed by atoms with Crippen LogP contribution in [-0.2, 0) is 24.5 Å². The Morgan fingerprint density at radius 2 is 1.94 bits per heavy atom. The number of ether oxygens (including phenoxy) is 1. The van der Waals surface area contributed by atoms with Crippen LogP contribution in [0.1, 0.15) is 37.4 Å². The van der Waals surface area contributed by atoms with E-state index in [1.165, 1.54) is 12.1 Å². The zero-order valence-electron chi connectivity index (χ0n) is 17.4. The fourth-order valence-corrected chi connectivity index (χ4v) is 4.38. The highest BCUT2D eigenvalue weighted by Gasteiger charge is 2.59.